The third-order valence-electron chi connectivity index (χ3n) is 6.05. The van der Waals surface area contributed by atoms with Gasteiger partial charge < -0.3 is 19.9 Å². The first-order chi connectivity index (χ1) is 16.1. The minimum Gasteiger partial charge on any atom is -0.497 e. The van der Waals surface area contributed by atoms with Gasteiger partial charge in [-0.3, -0.25) is 4.90 Å². The van der Waals surface area contributed by atoms with Gasteiger partial charge in [-0.1, -0.05) is 31.2 Å². The fraction of sp³-hybridized carbons (Fsp3) is 0.296. The molecule has 4 rings (SSSR count). The van der Waals surface area contributed by atoms with Gasteiger partial charge in [-0.15, -0.1) is 0 Å². The summed E-state index contributed by atoms with van der Waals surface area (Å²) >= 11 is 0. The molecule has 2 aromatic carbocycles. The van der Waals surface area contributed by atoms with Crippen LogP contribution in [0.4, 0.5) is 0 Å². The van der Waals surface area contributed by atoms with E-state index >= 15 is 0 Å². The van der Waals surface area contributed by atoms with Crippen LogP contribution >= 0.6 is 0 Å². The lowest BCUT2D eigenvalue weighted by Gasteiger charge is -2.38. The lowest BCUT2D eigenvalue weighted by atomic mass is 9.80. The van der Waals surface area contributed by atoms with E-state index in [1.165, 1.54) is 0 Å². The standard InChI is InChI=1S/C27H29N3O3/c1-4-13-30-16-20(14-18-5-9-21(31-2)10-6-18)26-24(17-30)25(23(15-28)27(29)33-26)19-7-11-22(32-3)12-8-19/h5-12,14,25H,4,13,16-17,29H2,1-3H3/b20-14+/t25-/m0/s1. The number of nitrogens with zero attached hydrogens (tertiary/aromatic N) is 2. The highest BCUT2D eigenvalue weighted by Crippen LogP contribution is 2.44. The van der Waals surface area contributed by atoms with Crippen molar-refractivity contribution in [2.24, 2.45) is 5.73 Å². The number of ether oxygens (including phenoxy) is 3. The molecule has 0 saturated carbocycles. The lowest BCUT2D eigenvalue weighted by molar-refractivity contribution is 0.234. The Balaban J connectivity index is 1.82. The summed E-state index contributed by atoms with van der Waals surface area (Å²) in [6.07, 6.45) is 3.17. The van der Waals surface area contributed by atoms with Crippen molar-refractivity contribution in [3.8, 4) is 17.6 Å². The van der Waals surface area contributed by atoms with E-state index < -0.39 is 0 Å². The molecule has 2 aliphatic rings. The van der Waals surface area contributed by atoms with E-state index in [2.05, 4.69) is 24.0 Å². The van der Waals surface area contributed by atoms with Gasteiger partial charge in [0.1, 0.15) is 28.9 Å². The molecule has 0 aromatic heterocycles. The SMILES string of the molecule is CCCN1CC2=C(OC(N)=C(C#N)[C@@H]2c2ccc(OC)cc2)/C(=C/c2ccc(OC)cc2)C1. The van der Waals surface area contributed by atoms with Crippen LogP contribution in [-0.2, 0) is 4.74 Å². The molecular formula is C27H29N3O3. The molecule has 6 nitrogen and oxygen atoms in total. The van der Waals surface area contributed by atoms with Gasteiger partial charge in [0.15, 0.2) is 0 Å². The Morgan fingerprint density at radius 1 is 1.06 bits per heavy atom. The second-order valence-corrected chi connectivity index (χ2v) is 8.21. The van der Waals surface area contributed by atoms with Crippen LogP contribution in [0.5, 0.6) is 11.5 Å². The van der Waals surface area contributed by atoms with Crippen LogP contribution in [0.3, 0.4) is 0 Å². The summed E-state index contributed by atoms with van der Waals surface area (Å²) in [5.41, 5.74) is 10.9. The van der Waals surface area contributed by atoms with Crippen LogP contribution in [0, 0.1) is 11.3 Å². The van der Waals surface area contributed by atoms with Crippen molar-refractivity contribution in [2.75, 3.05) is 33.9 Å². The summed E-state index contributed by atoms with van der Waals surface area (Å²) in [6.45, 7) is 4.60. The van der Waals surface area contributed by atoms with Crippen molar-refractivity contribution in [3.63, 3.8) is 0 Å². The third-order valence-corrected chi connectivity index (χ3v) is 6.05. The second-order valence-electron chi connectivity index (χ2n) is 8.21. The Bertz CT molecular complexity index is 1140. The summed E-state index contributed by atoms with van der Waals surface area (Å²) in [5.74, 6) is 2.26. The normalized spacial score (nSPS) is 19.7. The molecule has 0 saturated heterocycles. The largest absolute Gasteiger partial charge is 0.497 e. The highest BCUT2D eigenvalue weighted by molar-refractivity contribution is 5.63. The van der Waals surface area contributed by atoms with Gasteiger partial charge in [-0.2, -0.15) is 5.26 Å². The van der Waals surface area contributed by atoms with E-state index in [-0.39, 0.29) is 11.8 Å². The van der Waals surface area contributed by atoms with Crippen molar-refractivity contribution in [3.05, 3.63) is 88.0 Å². The molecule has 170 valence electrons. The van der Waals surface area contributed by atoms with Gasteiger partial charge in [0, 0.05) is 18.7 Å². The first kappa shape index (κ1) is 22.5. The van der Waals surface area contributed by atoms with Crippen molar-refractivity contribution in [2.45, 2.75) is 19.3 Å². The maximum Gasteiger partial charge on any atom is 0.205 e. The zero-order chi connectivity index (χ0) is 23.4. The Kier molecular flexibility index (Phi) is 6.71. The molecule has 33 heavy (non-hydrogen) atoms. The molecule has 2 heterocycles. The molecule has 2 N–H and O–H groups in total. The molecule has 6 heteroatoms. The molecule has 0 fully saturated rings. The van der Waals surface area contributed by atoms with Crippen LogP contribution in [0.1, 0.15) is 30.4 Å². The molecule has 0 aliphatic carbocycles. The van der Waals surface area contributed by atoms with Gasteiger partial charge in [-0.25, -0.2) is 0 Å². The van der Waals surface area contributed by atoms with Gasteiger partial charge >= 0.3 is 0 Å². The van der Waals surface area contributed by atoms with Crippen LogP contribution in [0.2, 0.25) is 0 Å². The monoisotopic (exact) mass is 443 g/mol. The van der Waals surface area contributed by atoms with Crippen molar-refractivity contribution in [1.82, 2.24) is 4.90 Å². The lowest BCUT2D eigenvalue weighted by Crippen LogP contribution is -2.38. The smallest absolute Gasteiger partial charge is 0.205 e. The molecule has 0 spiro atoms. The number of benzene rings is 2. The molecule has 1 atom stereocenters. The fourth-order valence-electron chi connectivity index (χ4n) is 4.49. The zero-order valence-corrected chi connectivity index (χ0v) is 19.3. The van der Waals surface area contributed by atoms with Crippen LogP contribution in [-0.4, -0.2) is 38.8 Å². The van der Waals surface area contributed by atoms with E-state index in [0.29, 0.717) is 5.57 Å². The minimum atomic E-state index is -0.261. The van der Waals surface area contributed by atoms with Crippen molar-refractivity contribution < 1.29 is 14.2 Å². The maximum absolute atomic E-state index is 9.95. The molecular weight excluding hydrogens is 414 g/mol. The van der Waals surface area contributed by atoms with E-state index in [4.69, 9.17) is 19.9 Å². The summed E-state index contributed by atoms with van der Waals surface area (Å²) in [7, 11) is 3.30. The number of nitrogens with two attached hydrogens (primary N) is 1. The van der Waals surface area contributed by atoms with E-state index in [0.717, 1.165) is 65.6 Å². The first-order valence-electron chi connectivity index (χ1n) is 11.1. The molecule has 0 bridgehead atoms. The Morgan fingerprint density at radius 3 is 2.27 bits per heavy atom. The van der Waals surface area contributed by atoms with E-state index in [1.54, 1.807) is 14.2 Å². The molecule has 2 aromatic rings. The highest BCUT2D eigenvalue weighted by Gasteiger charge is 2.37. The van der Waals surface area contributed by atoms with Crippen molar-refractivity contribution in [1.29, 1.82) is 5.26 Å². The molecule has 2 aliphatic heterocycles. The van der Waals surface area contributed by atoms with Gasteiger partial charge in [0.25, 0.3) is 0 Å². The highest BCUT2D eigenvalue weighted by atomic mass is 16.5. The summed E-state index contributed by atoms with van der Waals surface area (Å²) in [4.78, 5) is 2.39. The summed E-state index contributed by atoms with van der Waals surface area (Å²) in [6, 6.07) is 18.0. The topological polar surface area (TPSA) is 80.7 Å². The Morgan fingerprint density at radius 2 is 1.70 bits per heavy atom. The predicted octanol–water partition coefficient (Wildman–Crippen LogP) is 4.57. The molecule has 0 radical (unpaired) electrons. The Labute approximate surface area is 195 Å². The van der Waals surface area contributed by atoms with E-state index in [1.807, 2.05) is 48.5 Å². The van der Waals surface area contributed by atoms with Crippen LogP contribution in [0.15, 0.2) is 76.9 Å². The number of methoxy groups -OCH3 is 2. The number of rotatable bonds is 6. The summed E-state index contributed by atoms with van der Waals surface area (Å²) in [5, 5.41) is 9.95. The van der Waals surface area contributed by atoms with Crippen LogP contribution in [0.25, 0.3) is 6.08 Å². The van der Waals surface area contributed by atoms with E-state index in [9.17, 15) is 5.26 Å². The maximum atomic E-state index is 9.95. The minimum absolute atomic E-state index is 0.168. The first-order valence-corrected chi connectivity index (χ1v) is 11.1. The predicted molar refractivity (Wildman–Crippen MR) is 128 cm³/mol. The molecule has 0 amide bonds. The van der Waals surface area contributed by atoms with Gasteiger partial charge in [0.2, 0.25) is 5.88 Å². The Hall–Kier alpha value is -3.69. The number of hydrogen-bond acceptors (Lipinski definition) is 6. The third kappa shape index (κ3) is 4.59. The number of allylic oxidation sites excluding steroid dienone is 1. The summed E-state index contributed by atoms with van der Waals surface area (Å²) < 4.78 is 16.7. The second kappa shape index (κ2) is 9.85. The average Bonchev–Trinajstić information content (AvgIpc) is 2.84. The number of nitriles is 1. The van der Waals surface area contributed by atoms with Crippen LogP contribution < -0.4 is 15.2 Å². The fourth-order valence-corrected chi connectivity index (χ4v) is 4.49. The molecule has 0 unspecified atom stereocenters. The quantitative estimate of drug-likeness (QED) is 0.704. The van der Waals surface area contributed by atoms with Gasteiger partial charge in [-0.05, 0) is 60.0 Å². The number of hydrogen-bond donors (Lipinski definition) is 1. The zero-order valence-electron chi connectivity index (χ0n) is 19.3. The van der Waals surface area contributed by atoms with Gasteiger partial charge in [0.05, 0.1) is 20.1 Å². The average molecular weight is 444 g/mol. The van der Waals surface area contributed by atoms with Crippen molar-refractivity contribution >= 4 is 6.08 Å².